The zero-order valence-corrected chi connectivity index (χ0v) is 23.0. The van der Waals surface area contributed by atoms with Gasteiger partial charge in [0.2, 0.25) is 11.6 Å². The number of ether oxygens (including phenoxy) is 3. The van der Waals surface area contributed by atoms with E-state index in [-0.39, 0.29) is 53.2 Å². The molecule has 1 aliphatic rings. The Morgan fingerprint density at radius 1 is 0.951 bits per heavy atom. The van der Waals surface area contributed by atoms with E-state index in [0.29, 0.717) is 13.1 Å². The molecular weight excluding hydrogens is 538 g/mol. The van der Waals surface area contributed by atoms with E-state index in [2.05, 4.69) is 4.98 Å². The highest BCUT2D eigenvalue weighted by Gasteiger charge is 2.32. The Hall–Kier alpha value is -4.78. The Bertz CT molecular complexity index is 1490. The number of piperazine rings is 1. The molecule has 0 atom stereocenters. The number of benzene rings is 2. The van der Waals surface area contributed by atoms with Crippen molar-refractivity contribution in [3.63, 3.8) is 0 Å². The molecule has 1 aromatic heterocycles. The summed E-state index contributed by atoms with van der Waals surface area (Å²) in [6.07, 6.45) is 0. The van der Waals surface area contributed by atoms with Crippen LogP contribution in [0.1, 0.15) is 26.3 Å². The molecule has 2 heterocycles. The van der Waals surface area contributed by atoms with Gasteiger partial charge in [-0.25, -0.2) is 0 Å². The summed E-state index contributed by atoms with van der Waals surface area (Å²) in [5, 5.41) is 7.70. The van der Waals surface area contributed by atoms with Gasteiger partial charge in [0.25, 0.3) is 23.6 Å². The summed E-state index contributed by atoms with van der Waals surface area (Å²) >= 11 is 0. The van der Waals surface area contributed by atoms with E-state index in [1.165, 1.54) is 53.3 Å². The molecule has 2 amide bonds. The van der Waals surface area contributed by atoms with E-state index in [0.717, 1.165) is 0 Å². The molecule has 3 N–H and O–H groups in total. The van der Waals surface area contributed by atoms with Crippen LogP contribution in [-0.4, -0.2) is 91.8 Å². The number of amides is 2. The predicted octanol–water partition coefficient (Wildman–Crippen LogP) is 3.33. The third-order valence-electron chi connectivity index (χ3n) is 6.40. The van der Waals surface area contributed by atoms with Gasteiger partial charge in [0, 0.05) is 51.4 Å². The molecule has 13 heteroatoms. The van der Waals surface area contributed by atoms with Gasteiger partial charge in [0.1, 0.15) is 17.1 Å². The fourth-order valence-electron chi connectivity index (χ4n) is 4.08. The Morgan fingerprint density at radius 3 is 2.22 bits per heavy atom. The number of pyridine rings is 1. The smallest absolute Gasteiger partial charge is 0.260 e. The first-order chi connectivity index (χ1) is 19.5. The molecule has 2 aromatic carbocycles. The van der Waals surface area contributed by atoms with Crippen molar-refractivity contribution in [2.45, 2.75) is 0 Å². The number of nitrogen functional groups attached to an aromatic ring is 1. The average Bonchev–Trinajstić information content (AvgIpc) is 2.95. The Kier molecular flexibility index (Phi) is 8.67. The largest absolute Gasteiger partial charge is 0.493 e. The first kappa shape index (κ1) is 29.2. The molecule has 0 saturated carbocycles. The van der Waals surface area contributed by atoms with E-state index in [1.54, 1.807) is 20.2 Å². The molecule has 41 heavy (non-hydrogen) atoms. The maximum atomic E-state index is 15.9. The van der Waals surface area contributed by atoms with Gasteiger partial charge >= 0.3 is 0 Å². The third-order valence-corrected chi connectivity index (χ3v) is 6.40. The minimum absolute atomic E-state index is 0.0239. The van der Waals surface area contributed by atoms with Gasteiger partial charge in [0.05, 0.1) is 7.11 Å². The number of nitrogens with two attached hydrogens (primary N) is 1. The fraction of sp³-hybridized carbons (Fsp3) is 0.286. The van der Waals surface area contributed by atoms with Gasteiger partial charge in [-0.2, -0.15) is 13.8 Å². The lowest BCUT2D eigenvalue weighted by atomic mass is 10.1. The molecule has 0 spiro atoms. The van der Waals surface area contributed by atoms with E-state index in [9.17, 15) is 9.59 Å². The molecule has 216 valence electrons. The van der Waals surface area contributed by atoms with Crippen LogP contribution >= 0.6 is 0 Å². The van der Waals surface area contributed by atoms with Gasteiger partial charge in [-0.3, -0.25) is 15.0 Å². The molecule has 0 bridgehead atoms. The number of hydrogen-bond acceptors (Lipinski definition) is 8. The number of nitrogens with one attached hydrogen (secondary N) is 1. The lowest BCUT2D eigenvalue weighted by Crippen LogP contribution is -2.47. The summed E-state index contributed by atoms with van der Waals surface area (Å²) in [7, 11) is 6.38. The monoisotopic (exact) mass is 568 g/mol. The topological polar surface area (TPSA) is 134 Å². The van der Waals surface area contributed by atoms with Gasteiger partial charge < -0.3 is 34.6 Å². The van der Waals surface area contributed by atoms with E-state index in [1.807, 2.05) is 11.9 Å². The van der Waals surface area contributed by atoms with Gasteiger partial charge in [-0.1, -0.05) is 6.07 Å². The van der Waals surface area contributed by atoms with Crippen molar-refractivity contribution in [3.05, 3.63) is 70.8 Å². The number of methoxy groups -OCH3 is 1. The predicted molar refractivity (Wildman–Crippen MR) is 146 cm³/mol. The van der Waals surface area contributed by atoms with Crippen LogP contribution in [0.4, 0.5) is 8.78 Å². The average molecular weight is 569 g/mol. The number of halogens is 2. The van der Waals surface area contributed by atoms with Crippen molar-refractivity contribution in [1.29, 1.82) is 5.41 Å². The van der Waals surface area contributed by atoms with Gasteiger partial charge in [-0.15, -0.1) is 0 Å². The number of likely N-dealkylation sites (N-methyl/N-ethyl adjacent to an activating group) is 1. The maximum Gasteiger partial charge on any atom is 0.260 e. The number of nitrogens with zero attached hydrogens (tertiary/aromatic N) is 4. The van der Waals surface area contributed by atoms with Crippen molar-refractivity contribution in [1.82, 2.24) is 19.7 Å². The lowest BCUT2D eigenvalue weighted by Gasteiger charge is -2.32. The summed E-state index contributed by atoms with van der Waals surface area (Å²) in [4.78, 5) is 34.4. The number of hydrogen-bond donors (Lipinski definition) is 2. The zero-order valence-electron chi connectivity index (χ0n) is 23.0. The van der Waals surface area contributed by atoms with Crippen molar-refractivity contribution in [3.8, 4) is 29.0 Å². The van der Waals surface area contributed by atoms with Crippen LogP contribution in [0.15, 0.2) is 42.5 Å². The zero-order chi connectivity index (χ0) is 29.8. The summed E-state index contributed by atoms with van der Waals surface area (Å²) in [5.74, 6) is -5.60. The molecule has 1 saturated heterocycles. The highest BCUT2D eigenvalue weighted by Crippen LogP contribution is 2.37. The molecule has 0 unspecified atom stereocenters. The summed E-state index contributed by atoms with van der Waals surface area (Å²) in [5.41, 5.74) is 5.18. The minimum atomic E-state index is -1.34. The van der Waals surface area contributed by atoms with Crippen LogP contribution in [0.5, 0.6) is 29.0 Å². The van der Waals surface area contributed by atoms with Crippen LogP contribution in [0, 0.1) is 17.0 Å². The van der Waals surface area contributed by atoms with Gasteiger partial charge in [0.15, 0.2) is 11.5 Å². The lowest BCUT2D eigenvalue weighted by molar-refractivity contribution is 0.0652. The summed E-state index contributed by atoms with van der Waals surface area (Å²) < 4.78 is 48.3. The number of amidine groups is 1. The minimum Gasteiger partial charge on any atom is -0.493 e. The first-order valence-corrected chi connectivity index (χ1v) is 12.6. The second-order valence-electron chi connectivity index (χ2n) is 9.53. The highest BCUT2D eigenvalue weighted by atomic mass is 19.1. The normalized spacial score (nSPS) is 13.5. The second-order valence-corrected chi connectivity index (χ2v) is 9.53. The number of carbonyl (C=O) groups is 2. The van der Waals surface area contributed by atoms with E-state index in [4.69, 9.17) is 25.4 Å². The number of carbonyl (C=O) groups excluding carboxylic acids is 2. The third kappa shape index (κ3) is 6.35. The molecule has 0 radical (unpaired) electrons. The van der Waals surface area contributed by atoms with Crippen LogP contribution in [0.25, 0.3) is 0 Å². The molecule has 11 nitrogen and oxygen atoms in total. The Labute approximate surface area is 235 Å². The summed E-state index contributed by atoms with van der Waals surface area (Å²) in [6.45, 7) is 1.56. The van der Waals surface area contributed by atoms with Crippen molar-refractivity contribution < 1.29 is 32.6 Å². The van der Waals surface area contributed by atoms with Crippen LogP contribution < -0.4 is 19.9 Å². The van der Waals surface area contributed by atoms with Crippen molar-refractivity contribution >= 4 is 17.6 Å². The number of rotatable bonds is 8. The van der Waals surface area contributed by atoms with E-state index >= 15 is 8.78 Å². The SMILES string of the molecule is COc1ccc(C(=N)N)cc1Oc1nc(Oc2cccc(C(=O)N(C)C)c2)c(F)c(C(=O)N2CCN(C)CC2)c1F. The molecule has 1 aliphatic heterocycles. The van der Waals surface area contributed by atoms with E-state index < -0.39 is 34.9 Å². The Balaban J connectivity index is 1.81. The van der Waals surface area contributed by atoms with Crippen molar-refractivity contribution in [2.75, 3.05) is 54.4 Å². The highest BCUT2D eigenvalue weighted by molar-refractivity contribution is 5.96. The quantitative estimate of drug-likeness (QED) is 0.312. The van der Waals surface area contributed by atoms with Crippen LogP contribution in [0.2, 0.25) is 0 Å². The Morgan fingerprint density at radius 2 is 1.61 bits per heavy atom. The van der Waals surface area contributed by atoms with Crippen molar-refractivity contribution in [2.24, 2.45) is 5.73 Å². The molecular formula is C28H30F2N6O5. The maximum absolute atomic E-state index is 15.9. The van der Waals surface area contributed by atoms with Crippen LogP contribution in [0.3, 0.4) is 0 Å². The van der Waals surface area contributed by atoms with Crippen LogP contribution in [-0.2, 0) is 0 Å². The fourth-order valence-corrected chi connectivity index (χ4v) is 4.08. The molecule has 0 aliphatic carbocycles. The molecule has 4 rings (SSSR count). The van der Waals surface area contributed by atoms with Gasteiger partial charge in [-0.05, 0) is 43.4 Å². The second kappa shape index (κ2) is 12.2. The summed E-state index contributed by atoms with van der Waals surface area (Å²) in [6, 6.07) is 10.2. The standard InChI is InChI=1S/C28H30F2N6O5/c1-34(2)27(37)17-6-5-7-18(14-17)40-25-22(29)21(28(38)36-12-10-35(3)11-13-36)23(30)26(33-25)41-20-15-16(24(31)32)8-9-19(20)39-4/h5-9,14-15H,10-13H2,1-4H3,(H3,31,32). The first-order valence-electron chi connectivity index (χ1n) is 12.6. The molecule has 3 aromatic rings. The molecule has 1 fully saturated rings. The number of aromatic nitrogens is 1.